The highest BCUT2D eigenvalue weighted by molar-refractivity contribution is 5.95. The lowest BCUT2D eigenvalue weighted by atomic mass is 10.0. The van der Waals surface area contributed by atoms with Crippen LogP contribution in [-0.2, 0) is 0 Å². The number of rotatable bonds is 5. The molecule has 78 valence electrons. The van der Waals surface area contributed by atoms with Crippen LogP contribution < -0.4 is 0 Å². The number of carbonyl (C=O) groups excluding carboxylic acids is 1. The van der Waals surface area contributed by atoms with Crippen molar-refractivity contribution in [1.29, 1.82) is 0 Å². The van der Waals surface area contributed by atoms with Crippen molar-refractivity contribution in [3.05, 3.63) is 23.7 Å². The van der Waals surface area contributed by atoms with E-state index in [4.69, 9.17) is 9.52 Å². The van der Waals surface area contributed by atoms with Crippen molar-refractivity contribution in [2.24, 2.45) is 0 Å². The third kappa shape index (κ3) is 2.21. The summed E-state index contributed by atoms with van der Waals surface area (Å²) >= 11 is 0. The fraction of sp³-hybridized carbons (Fsp3) is 0.500. The van der Waals surface area contributed by atoms with Crippen LogP contribution in [0.1, 0.15) is 42.0 Å². The van der Waals surface area contributed by atoms with Gasteiger partial charge in [0.15, 0.2) is 5.76 Å². The van der Waals surface area contributed by atoms with Gasteiger partial charge in [0.25, 0.3) is 0 Å². The average molecular weight is 198 g/mol. The molecule has 1 aromatic rings. The molecule has 1 unspecified atom stereocenters. The van der Waals surface area contributed by atoms with Gasteiger partial charge in [0, 0.05) is 5.56 Å². The number of ketones is 1. The van der Waals surface area contributed by atoms with Crippen molar-refractivity contribution < 1.29 is 19.4 Å². The minimum absolute atomic E-state index is 0.0634. The third-order valence-electron chi connectivity index (χ3n) is 2.01. The predicted molar refractivity (Wildman–Crippen MR) is 50.0 cm³/mol. The van der Waals surface area contributed by atoms with E-state index >= 15 is 0 Å². The molecule has 0 aromatic carbocycles. The van der Waals surface area contributed by atoms with Crippen LogP contribution in [0.4, 0.5) is 0 Å². The van der Waals surface area contributed by atoms with Crippen LogP contribution in [0.3, 0.4) is 0 Å². The molecule has 1 heterocycles. The van der Waals surface area contributed by atoms with Gasteiger partial charge in [-0.15, -0.1) is 0 Å². The van der Waals surface area contributed by atoms with Crippen LogP contribution in [0.15, 0.2) is 16.7 Å². The van der Waals surface area contributed by atoms with Gasteiger partial charge in [-0.1, -0.05) is 13.3 Å². The SMILES string of the molecule is CCCC(O)c1ccoc1C(=O)CO. The van der Waals surface area contributed by atoms with Crippen LogP contribution in [0.5, 0.6) is 0 Å². The van der Waals surface area contributed by atoms with E-state index < -0.39 is 18.5 Å². The zero-order valence-corrected chi connectivity index (χ0v) is 8.06. The van der Waals surface area contributed by atoms with Crippen LogP contribution >= 0.6 is 0 Å². The van der Waals surface area contributed by atoms with Crippen molar-refractivity contribution in [2.75, 3.05) is 6.61 Å². The van der Waals surface area contributed by atoms with Gasteiger partial charge in [0.1, 0.15) is 6.61 Å². The minimum atomic E-state index is -0.691. The summed E-state index contributed by atoms with van der Waals surface area (Å²) < 4.78 is 4.92. The molecule has 0 aliphatic carbocycles. The Morgan fingerprint density at radius 3 is 2.93 bits per heavy atom. The molecule has 0 bridgehead atoms. The molecule has 0 saturated heterocycles. The molecule has 4 nitrogen and oxygen atoms in total. The zero-order valence-electron chi connectivity index (χ0n) is 8.06. The summed E-state index contributed by atoms with van der Waals surface area (Å²) in [6.45, 7) is 1.34. The van der Waals surface area contributed by atoms with E-state index in [1.165, 1.54) is 6.26 Å². The Bertz CT molecular complexity index is 303. The van der Waals surface area contributed by atoms with Crippen LogP contribution in [-0.4, -0.2) is 22.6 Å². The number of aliphatic hydroxyl groups excluding tert-OH is 2. The number of carbonyl (C=O) groups is 1. The first kappa shape index (κ1) is 10.9. The summed E-state index contributed by atoms with van der Waals surface area (Å²) in [7, 11) is 0. The summed E-state index contributed by atoms with van der Waals surface area (Å²) in [6.07, 6.45) is 2.05. The second kappa shape index (κ2) is 4.93. The Kier molecular flexibility index (Phi) is 3.85. The van der Waals surface area contributed by atoms with Crippen molar-refractivity contribution >= 4 is 5.78 Å². The lowest BCUT2D eigenvalue weighted by Crippen LogP contribution is -2.08. The van der Waals surface area contributed by atoms with Crippen LogP contribution in [0.25, 0.3) is 0 Å². The topological polar surface area (TPSA) is 70.7 Å². The minimum Gasteiger partial charge on any atom is -0.461 e. The molecule has 0 aliphatic rings. The molecule has 1 atom stereocenters. The molecule has 0 spiro atoms. The Morgan fingerprint density at radius 1 is 1.64 bits per heavy atom. The Balaban J connectivity index is 2.86. The second-order valence-electron chi connectivity index (χ2n) is 3.09. The number of Topliss-reactive ketones (excluding diaryl/α,β-unsaturated/α-hetero) is 1. The first-order valence-electron chi connectivity index (χ1n) is 4.60. The maximum absolute atomic E-state index is 11.1. The quantitative estimate of drug-likeness (QED) is 0.699. The van der Waals surface area contributed by atoms with Gasteiger partial charge in [-0.2, -0.15) is 0 Å². The summed E-state index contributed by atoms with van der Waals surface area (Å²) in [5, 5.41) is 18.3. The first-order valence-corrected chi connectivity index (χ1v) is 4.60. The number of aliphatic hydroxyl groups is 2. The summed E-state index contributed by atoms with van der Waals surface area (Å²) in [5.41, 5.74) is 0.464. The zero-order chi connectivity index (χ0) is 10.6. The average Bonchev–Trinajstić information content (AvgIpc) is 2.65. The smallest absolute Gasteiger partial charge is 0.223 e. The van der Waals surface area contributed by atoms with Crippen molar-refractivity contribution in [2.45, 2.75) is 25.9 Å². The maximum atomic E-state index is 11.1. The number of hydrogen-bond donors (Lipinski definition) is 2. The highest BCUT2D eigenvalue weighted by Crippen LogP contribution is 2.23. The third-order valence-corrected chi connectivity index (χ3v) is 2.01. The van der Waals surface area contributed by atoms with Gasteiger partial charge < -0.3 is 14.6 Å². The van der Waals surface area contributed by atoms with Crippen molar-refractivity contribution in [3.8, 4) is 0 Å². The fourth-order valence-electron chi connectivity index (χ4n) is 1.31. The molecule has 1 aromatic heterocycles. The molecule has 1 rings (SSSR count). The van der Waals surface area contributed by atoms with E-state index in [0.717, 1.165) is 6.42 Å². The molecule has 0 radical (unpaired) electrons. The predicted octanol–water partition coefficient (Wildman–Crippen LogP) is 1.29. The van der Waals surface area contributed by atoms with Crippen LogP contribution in [0, 0.1) is 0 Å². The normalized spacial score (nSPS) is 12.8. The van der Waals surface area contributed by atoms with Gasteiger partial charge in [0.05, 0.1) is 12.4 Å². The Morgan fingerprint density at radius 2 is 2.36 bits per heavy atom. The van der Waals surface area contributed by atoms with Crippen molar-refractivity contribution in [3.63, 3.8) is 0 Å². The molecule has 0 fully saturated rings. The van der Waals surface area contributed by atoms with Gasteiger partial charge >= 0.3 is 0 Å². The van der Waals surface area contributed by atoms with Crippen molar-refractivity contribution in [1.82, 2.24) is 0 Å². The molecule has 4 heteroatoms. The van der Waals surface area contributed by atoms with E-state index in [-0.39, 0.29) is 5.76 Å². The fourth-order valence-corrected chi connectivity index (χ4v) is 1.31. The van der Waals surface area contributed by atoms with E-state index in [0.29, 0.717) is 12.0 Å². The Hall–Kier alpha value is -1.13. The first-order chi connectivity index (χ1) is 6.70. The molecule has 0 saturated carbocycles. The lowest BCUT2D eigenvalue weighted by molar-refractivity contribution is 0.0864. The number of furan rings is 1. The van der Waals surface area contributed by atoms with E-state index in [1.54, 1.807) is 6.07 Å². The van der Waals surface area contributed by atoms with E-state index in [1.807, 2.05) is 6.92 Å². The van der Waals surface area contributed by atoms with Gasteiger partial charge in [-0.05, 0) is 12.5 Å². The van der Waals surface area contributed by atoms with E-state index in [9.17, 15) is 9.90 Å². The Labute approximate surface area is 82.2 Å². The summed E-state index contributed by atoms with van der Waals surface area (Å²) in [5.74, 6) is -0.436. The largest absolute Gasteiger partial charge is 0.461 e. The monoisotopic (exact) mass is 198 g/mol. The highest BCUT2D eigenvalue weighted by atomic mass is 16.3. The standard InChI is InChI=1S/C10H14O4/c1-2-3-8(12)7-4-5-14-10(7)9(13)6-11/h4-5,8,11-12H,2-3,6H2,1H3. The van der Waals surface area contributed by atoms with Gasteiger partial charge in [0.2, 0.25) is 5.78 Å². The lowest BCUT2D eigenvalue weighted by Gasteiger charge is -2.07. The van der Waals surface area contributed by atoms with E-state index in [2.05, 4.69) is 0 Å². The molecule has 2 N–H and O–H groups in total. The second-order valence-corrected chi connectivity index (χ2v) is 3.09. The molecule has 0 amide bonds. The van der Waals surface area contributed by atoms with Crippen LogP contribution in [0.2, 0.25) is 0 Å². The summed E-state index contributed by atoms with van der Waals surface area (Å²) in [6, 6.07) is 1.56. The maximum Gasteiger partial charge on any atom is 0.223 e. The number of hydrogen-bond acceptors (Lipinski definition) is 4. The van der Waals surface area contributed by atoms with Gasteiger partial charge in [-0.3, -0.25) is 4.79 Å². The highest BCUT2D eigenvalue weighted by Gasteiger charge is 2.19. The summed E-state index contributed by atoms with van der Waals surface area (Å²) in [4.78, 5) is 11.1. The molecular weight excluding hydrogens is 184 g/mol. The molecule has 0 aliphatic heterocycles. The van der Waals surface area contributed by atoms with Gasteiger partial charge in [-0.25, -0.2) is 0 Å². The molecular formula is C10H14O4. The molecule has 14 heavy (non-hydrogen) atoms.